The molecule has 2 N–H and O–H groups in total. The second-order valence-corrected chi connectivity index (χ2v) is 4.23. The smallest absolute Gasteiger partial charge is 0.115 e. The third-order valence-electron chi connectivity index (χ3n) is 2.74. The Balaban J connectivity index is 2.10. The van der Waals surface area contributed by atoms with Crippen molar-refractivity contribution in [1.29, 1.82) is 0 Å². The minimum atomic E-state index is 0.282. The van der Waals surface area contributed by atoms with Gasteiger partial charge in [0.1, 0.15) is 5.75 Å². The monoisotopic (exact) mass is 253 g/mol. The lowest BCUT2D eigenvalue weighted by Crippen LogP contribution is -2.21. The van der Waals surface area contributed by atoms with Crippen molar-refractivity contribution in [2.24, 2.45) is 0 Å². The molecule has 1 unspecified atom stereocenters. The van der Waals surface area contributed by atoms with Gasteiger partial charge < -0.3 is 19.9 Å². The van der Waals surface area contributed by atoms with Gasteiger partial charge >= 0.3 is 0 Å². The summed E-state index contributed by atoms with van der Waals surface area (Å²) in [6.45, 7) is 5.08. The molecule has 1 aromatic carbocycles. The van der Waals surface area contributed by atoms with Gasteiger partial charge in [-0.2, -0.15) is 0 Å². The van der Waals surface area contributed by atoms with Crippen molar-refractivity contribution < 1.29 is 14.6 Å². The van der Waals surface area contributed by atoms with Crippen molar-refractivity contribution in [2.75, 3.05) is 33.5 Å². The first-order valence-corrected chi connectivity index (χ1v) is 6.33. The summed E-state index contributed by atoms with van der Waals surface area (Å²) in [4.78, 5) is 0. The summed E-state index contributed by atoms with van der Waals surface area (Å²) >= 11 is 0. The van der Waals surface area contributed by atoms with Crippen LogP contribution < -0.4 is 5.32 Å². The van der Waals surface area contributed by atoms with Gasteiger partial charge in [0.05, 0.1) is 13.2 Å². The molecule has 0 aromatic heterocycles. The van der Waals surface area contributed by atoms with Crippen LogP contribution in [0.5, 0.6) is 5.75 Å². The van der Waals surface area contributed by atoms with Gasteiger partial charge in [-0.1, -0.05) is 12.1 Å². The van der Waals surface area contributed by atoms with E-state index in [-0.39, 0.29) is 6.04 Å². The molecule has 1 aromatic rings. The largest absolute Gasteiger partial charge is 0.508 e. The second kappa shape index (κ2) is 8.91. The molecule has 0 bridgehead atoms. The van der Waals surface area contributed by atoms with E-state index in [1.54, 1.807) is 19.2 Å². The number of rotatable bonds is 9. The molecule has 18 heavy (non-hydrogen) atoms. The van der Waals surface area contributed by atoms with Crippen LogP contribution in [0, 0.1) is 0 Å². The van der Waals surface area contributed by atoms with Crippen LogP contribution in [-0.4, -0.2) is 38.6 Å². The van der Waals surface area contributed by atoms with Crippen molar-refractivity contribution in [1.82, 2.24) is 5.32 Å². The summed E-state index contributed by atoms with van der Waals surface area (Å²) in [6, 6.07) is 7.57. The third-order valence-corrected chi connectivity index (χ3v) is 2.74. The van der Waals surface area contributed by atoms with Crippen molar-refractivity contribution >= 4 is 0 Å². The first-order chi connectivity index (χ1) is 8.74. The van der Waals surface area contributed by atoms with Crippen LogP contribution in [-0.2, 0) is 9.47 Å². The number of hydrogen-bond acceptors (Lipinski definition) is 4. The molecule has 102 valence electrons. The van der Waals surface area contributed by atoms with Gasteiger partial charge in [0, 0.05) is 19.8 Å². The number of aromatic hydroxyl groups is 1. The van der Waals surface area contributed by atoms with Crippen LogP contribution >= 0.6 is 0 Å². The second-order valence-electron chi connectivity index (χ2n) is 4.23. The quantitative estimate of drug-likeness (QED) is 0.662. The summed E-state index contributed by atoms with van der Waals surface area (Å²) in [7, 11) is 1.67. The van der Waals surface area contributed by atoms with Gasteiger partial charge in [-0.15, -0.1) is 0 Å². The Morgan fingerprint density at radius 2 is 1.89 bits per heavy atom. The number of benzene rings is 1. The molecule has 0 aliphatic heterocycles. The Morgan fingerprint density at radius 1 is 1.17 bits per heavy atom. The maximum absolute atomic E-state index is 9.21. The van der Waals surface area contributed by atoms with Gasteiger partial charge in [0.25, 0.3) is 0 Å². The molecule has 1 rings (SSSR count). The molecule has 0 saturated carbocycles. The van der Waals surface area contributed by atoms with E-state index in [0.29, 0.717) is 19.0 Å². The van der Waals surface area contributed by atoms with E-state index < -0.39 is 0 Å². The summed E-state index contributed by atoms with van der Waals surface area (Å²) in [5, 5.41) is 12.6. The molecule has 0 heterocycles. The van der Waals surface area contributed by atoms with Gasteiger partial charge in [-0.05, 0) is 37.6 Å². The van der Waals surface area contributed by atoms with Crippen LogP contribution in [0.15, 0.2) is 24.3 Å². The van der Waals surface area contributed by atoms with Gasteiger partial charge in [-0.25, -0.2) is 0 Å². The standard InChI is InChI=1S/C14H23NO3/c1-12(13-4-6-14(16)7-5-13)15-8-3-9-18-11-10-17-2/h4-7,12,15-16H,3,8-11H2,1-2H3. The maximum Gasteiger partial charge on any atom is 0.115 e. The lowest BCUT2D eigenvalue weighted by Gasteiger charge is -2.14. The molecule has 0 amide bonds. The maximum atomic E-state index is 9.21. The zero-order chi connectivity index (χ0) is 13.2. The van der Waals surface area contributed by atoms with Crippen LogP contribution in [0.25, 0.3) is 0 Å². The van der Waals surface area contributed by atoms with E-state index in [9.17, 15) is 5.11 Å². The Bertz CT molecular complexity index is 313. The average Bonchev–Trinajstić information content (AvgIpc) is 2.38. The SMILES string of the molecule is COCCOCCCNC(C)c1ccc(O)cc1. The number of ether oxygens (including phenoxy) is 2. The zero-order valence-corrected chi connectivity index (χ0v) is 11.2. The van der Waals surface area contributed by atoms with Gasteiger partial charge in [-0.3, -0.25) is 0 Å². The normalized spacial score (nSPS) is 12.6. The Kier molecular flexibility index (Phi) is 7.41. The third kappa shape index (κ3) is 6.00. The topological polar surface area (TPSA) is 50.7 Å². The number of phenolic OH excluding ortho intramolecular Hbond substituents is 1. The lowest BCUT2D eigenvalue weighted by atomic mass is 10.1. The highest BCUT2D eigenvalue weighted by Gasteiger charge is 2.03. The van der Waals surface area contributed by atoms with Crippen molar-refractivity contribution in [3.63, 3.8) is 0 Å². The molecule has 0 aliphatic carbocycles. The summed E-state index contributed by atoms with van der Waals surface area (Å²) in [5.41, 5.74) is 1.17. The molecule has 4 nitrogen and oxygen atoms in total. The minimum absolute atomic E-state index is 0.282. The molecule has 0 fully saturated rings. The van der Waals surface area contributed by atoms with Crippen molar-refractivity contribution in [3.8, 4) is 5.75 Å². The number of phenols is 1. The average molecular weight is 253 g/mol. The van der Waals surface area contributed by atoms with E-state index in [2.05, 4.69) is 12.2 Å². The van der Waals surface area contributed by atoms with Crippen LogP contribution in [0.3, 0.4) is 0 Å². The fraction of sp³-hybridized carbons (Fsp3) is 0.571. The first-order valence-electron chi connectivity index (χ1n) is 6.33. The summed E-state index contributed by atoms with van der Waals surface area (Å²) < 4.78 is 10.3. The van der Waals surface area contributed by atoms with Crippen molar-refractivity contribution in [3.05, 3.63) is 29.8 Å². The molecule has 0 aliphatic rings. The van der Waals surface area contributed by atoms with Gasteiger partial charge in [0.15, 0.2) is 0 Å². The zero-order valence-electron chi connectivity index (χ0n) is 11.2. The van der Waals surface area contributed by atoms with Crippen LogP contribution in [0.4, 0.5) is 0 Å². The number of nitrogens with one attached hydrogen (secondary N) is 1. The highest BCUT2D eigenvalue weighted by molar-refractivity contribution is 5.27. The molecule has 0 spiro atoms. The Labute approximate surface area is 109 Å². The Hall–Kier alpha value is -1.10. The van der Waals surface area contributed by atoms with E-state index in [0.717, 1.165) is 19.6 Å². The van der Waals surface area contributed by atoms with E-state index in [1.165, 1.54) is 5.56 Å². The molecule has 0 saturated heterocycles. The van der Waals surface area contributed by atoms with E-state index in [4.69, 9.17) is 9.47 Å². The fourth-order valence-corrected chi connectivity index (χ4v) is 1.62. The molecule has 1 atom stereocenters. The van der Waals surface area contributed by atoms with E-state index in [1.807, 2.05) is 12.1 Å². The minimum Gasteiger partial charge on any atom is -0.508 e. The van der Waals surface area contributed by atoms with E-state index >= 15 is 0 Å². The number of methoxy groups -OCH3 is 1. The number of hydrogen-bond donors (Lipinski definition) is 2. The summed E-state index contributed by atoms with van der Waals surface area (Å²) in [5.74, 6) is 0.303. The molecular formula is C14H23NO3. The van der Waals surface area contributed by atoms with Crippen LogP contribution in [0.2, 0.25) is 0 Å². The first kappa shape index (κ1) is 15.0. The summed E-state index contributed by atoms with van der Waals surface area (Å²) in [6.07, 6.45) is 0.978. The highest BCUT2D eigenvalue weighted by Crippen LogP contribution is 2.15. The van der Waals surface area contributed by atoms with Crippen LogP contribution in [0.1, 0.15) is 24.9 Å². The molecule has 4 heteroatoms. The molecular weight excluding hydrogens is 230 g/mol. The van der Waals surface area contributed by atoms with Gasteiger partial charge in [0.2, 0.25) is 0 Å². The Morgan fingerprint density at radius 3 is 2.56 bits per heavy atom. The molecule has 0 radical (unpaired) electrons. The fourth-order valence-electron chi connectivity index (χ4n) is 1.62. The predicted molar refractivity (Wildman–Crippen MR) is 71.8 cm³/mol. The van der Waals surface area contributed by atoms with Crippen molar-refractivity contribution in [2.45, 2.75) is 19.4 Å². The lowest BCUT2D eigenvalue weighted by molar-refractivity contribution is 0.0693. The predicted octanol–water partition coefficient (Wildman–Crippen LogP) is 2.10. The highest BCUT2D eigenvalue weighted by atomic mass is 16.5.